The van der Waals surface area contributed by atoms with Crippen LogP contribution in [0.5, 0.6) is 11.5 Å². The average molecular weight is 383 g/mol. The molecule has 0 aliphatic carbocycles. The molecule has 1 aromatic heterocycles. The smallest absolute Gasteiger partial charge is 0.255 e. The van der Waals surface area contributed by atoms with Crippen molar-refractivity contribution in [3.8, 4) is 17.2 Å². The van der Waals surface area contributed by atoms with Gasteiger partial charge in [-0.25, -0.2) is 4.98 Å². The highest BCUT2D eigenvalue weighted by Gasteiger charge is 2.16. The van der Waals surface area contributed by atoms with Gasteiger partial charge in [-0.1, -0.05) is 42.5 Å². The maximum atomic E-state index is 12.9. The van der Waals surface area contributed by atoms with Crippen LogP contribution in [0.2, 0.25) is 0 Å². The fourth-order valence-electron chi connectivity index (χ4n) is 3.06. The summed E-state index contributed by atoms with van der Waals surface area (Å²) in [6, 6.07) is 24.6. The van der Waals surface area contributed by atoms with Crippen LogP contribution in [0, 0.1) is 0 Å². The molecule has 3 aromatic carbocycles. The number of aromatic nitrogens is 2. The fraction of sp³-hybridized carbons (Fsp3) is 0.0833. The molecule has 0 aliphatic heterocycles. The first-order valence-electron chi connectivity index (χ1n) is 9.42. The molecule has 0 saturated heterocycles. The summed E-state index contributed by atoms with van der Waals surface area (Å²) < 4.78 is 7.84. The second-order valence-electron chi connectivity index (χ2n) is 6.67. The third kappa shape index (κ3) is 4.35. The lowest BCUT2D eigenvalue weighted by Gasteiger charge is -2.17. The number of rotatable bonds is 6. The van der Waals surface area contributed by atoms with E-state index >= 15 is 0 Å². The average Bonchev–Trinajstić information content (AvgIpc) is 3.30. The van der Waals surface area contributed by atoms with E-state index in [2.05, 4.69) is 10.3 Å². The Kier molecular flexibility index (Phi) is 5.38. The fourth-order valence-corrected chi connectivity index (χ4v) is 3.06. The van der Waals surface area contributed by atoms with Crippen molar-refractivity contribution in [1.82, 2.24) is 14.9 Å². The molecule has 4 aromatic rings. The van der Waals surface area contributed by atoms with E-state index in [-0.39, 0.29) is 11.9 Å². The number of carbonyl (C=O) groups is 1. The van der Waals surface area contributed by atoms with Crippen LogP contribution in [-0.4, -0.2) is 15.5 Å². The molecule has 1 N–H and O–H groups in total. The predicted molar refractivity (Wildman–Crippen MR) is 112 cm³/mol. The number of hydrogen-bond donors (Lipinski definition) is 1. The second kappa shape index (κ2) is 8.44. The van der Waals surface area contributed by atoms with Crippen LogP contribution in [0.4, 0.5) is 0 Å². The Labute approximate surface area is 169 Å². The normalized spacial score (nSPS) is 11.6. The lowest BCUT2D eigenvalue weighted by atomic mass is 10.1. The number of amides is 1. The number of imidazole rings is 1. The quantitative estimate of drug-likeness (QED) is 0.501. The predicted octanol–water partition coefficient (Wildman–Crippen LogP) is 5.16. The van der Waals surface area contributed by atoms with E-state index in [0.717, 1.165) is 11.3 Å². The summed E-state index contributed by atoms with van der Waals surface area (Å²) in [7, 11) is 0. The minimum absolute atomic E-state index is 0.149. The minimum atomic E-state index is -0.178. The molecule has 4 rings (SSSR count). The molecule has 0 fully saturated rings. The van der Waals surface area contributed by atoms with Gasteiger partial charge in [0.1, 0.15) is 11.5 Å². The van der Waals surface area contributed by atoms with Crippen LogP contribution in [0.15, 0.2) is 97.6 Å². The number of benzene rings is 3. The number of hydrogen-bond acceptors (Lipinski definition) is 3. The van der Waals surface area contributed by atoms with Gasteiger partial charge in [0.25, 0.3) is 5.91 Å². The van der Waals surface area contributed by atoms with Crippen LogP contribution in [0.1, 0.15) is 28.9 Å². The van der Waals surface area contributed by atoms with Crippen LogP contribution in [0.25, 0.3) is 5.69 Å². The summed E-state index contributed by atoms with van der Waals surface area (Å²) in [5, 5.41) is 3.05. The van der Waals surface area contributed by atoms with Gasteiger partial charge in [-0.3, -0.25) is 4.79 Å². The minimum Gasteiger partial charge on any atom is -0.457 e. The van der Waals surface area contributed by atoms with Gasteiger partial charge in [0, 0.05) is 18.1 Å². The summed E-state index contributed by atoms with van der Waals surface area (Å²) in [6.07, 6.45) is 5.39. The zero-order valence-corrected chi connectivity index (χ0v) is 16.0. The van der Waals surface area contributed by atoms with Gasteiger partial charge in [-0.2, -0.15) is 0 Å². The van der Waals surface area contributed by atoms with Crippen LogP contribution in [0.3, 0.4) is 0 Å². The molecule has 0 radical (unpaired) electrons. The first-order valence-corrected chi connectivity index (χ1v) is 9.42. The first kappa shape index (κ1) is 18.5. The van der Waals surface area contributed by atoms with Gasteiger partial charge >= 0.3 is 0 Å². The summed E-state index contributed by atoms with van der Waals surface area (Å²) in [6.45, 7) is 1.96. The highest BCUT2D eigenvalue weighted by atomic mass is 16.5. The van der Waals surface area contributed by atoms with Gasteiger partial charge in [-0.15, -0.1) is 0 Å². The standard InChI is InChI=1S/C24H21N3O2/c1-18(19-11-13-20(14-12-19)27-16-15-25-17-27)26-24(28)22-9-5-6-10-23(22)29-21-7-3-2-4-8-21/h2-18H,1H3,(H,26,28)/t18-/m0/s1. The molecule has 1 amide bonds. The van der Waals surface area contributed by atoms with Crippen molar-refractivity contribution in [1.29, 1.82) is 0 Å². The largest absolute Gasteiger partial charge is 0.457 e. The molecule has 1 atom stereocenters. The van der Waals surface area contributed by atoms with Gasteiger partial charge in [0.2, 0.25) is 0 Å². The Balaban J connectivity index is 1.48. The van der Waals surface area contributed by atoms with Gasteiger partial charge in [-0.05, 0) is 48.9 Å². The lowest BCUT2D eigenvalue weighted by Crippen LogP contribution is -2.27. The highest BCUT2D eigenvalue weighted by Crippen LogP contribution is 2.26. The molecule has 0 unspecified atom stereocenters. The topological polar surface area (TPSA) is 56.1 Å². The molecule has 29 heavy (non-hydrogen) atoms. The van der Waals surface area contributed by atoms with E-state index in [1.165, 1.54) is 0 Å². The van der Waals surface area contributed by atoms with Crippen molar-refractivity contribution < 1.29 is 9.53 Å². The maximum absolute atomic E-state index is 12.9. The molecule has 0 bridgehead atoms. The first-order chi connectivity index (χ1) is 14.2. The summed E-state index contributed by atoms with van der Waals surface area (Å²) >= 11 is 0. The maximum Gasteiger partial charge on any atom is 0.255 e. The highest BCUT2D eigenvalue weighted by molar-refractivity contribution is 5.97. The third-order valence-corrected chi connectivity index (χ3v) is 4.65. The Morgan fingerprint density at radius 2 is 1.69 bits per heavy atom. The van der Waals surface area contributed by atoms with Crippen LogP contribution >= 0.6 is 0 Å². The lowest BCUT2D eigenvalue weighted by molar-refractivity contribution is 0.0937. The zero-order chi connectivity index (χ0) is 20.1. The molecule has 0 spiro atoms. The van der Waals surface area contributed by atoms with Crippen molar-refractivity contribution in [2.45, 2.75) is 13.0 Å². The molecule has 5 heteroatoms. The van der Waals surface area contributed by atoms with E-state index in [1.807, 2.05) is 84.4 Å². The summed E-state index contributed by atoms with van der Waals surface area (Å²) in [5.74, 6) is 1.04. The van der Waals surface area contributed by atoms with Crippen molar-refractivity contribution in [2.75, 3.05) is 0 Å². The summed E-state index contributed by atoms with van der Waals surface area (Å²) in [5.41, 5.74) is 2.54. The molecule has 0 saturated carbocycles. The number of nitrogens with one attached hydrogen (secondary N) is 1. The molecule has 144 valence electrons. The third-order valence-electron chi connectivity index (χ3n) is 4.65. The molecule has 5 nitrogen and oxygen atoms in total. The van der Waals surface area contributed by atoms with Crippen molar-refractivity contribution in [3.05, 3.63) is 109 Å². The second-order valence-corrected chi connectivity index (χ2v) is 6.67. The molecular weight excluding hydrogens is 362 g/mol. The Morgan fingerprint density at radius 1 is 0.966 bits per heavy atom. The number of carbonyl (C=O) groups excluding carboxylic acids is 1. The van der Waals surface area contributed by atoms with Crippen LogP contribution < -0.4 is 10.1 Å². The van der Waals surface area contributed by atoms with E-state index in [0.29, 0.717) is 17.1 Å². The van der Waals surface area contributed by atoms with Crippen LogP contribution in [-0.2, 0) is 0 Å². The van der Waals surface area contributed by atoms with E-state index in [1.54, 1.807) is 24.7 Å². The SMILES string of the molecule is C[C@H](NC(=O)c1ccccc1Oc1ccccc1)c1ccc(-n2ccnc2)cc1. The van der Waals surface area contributed by atoms with E-state index in [9.17, 15) is 4.79 Å². The van der Waals surface area contributed by atoms with E-state index in [4.69, 9.17) is 4.74 Å². The Morgan fingerprint density at radius 3 is 2.41 bits per heavy atom. The summed E-state index contributed by atoms with van der Waals surface area (Å²) in [4.78, 5) is 17.0. The number of nitrogens with zero attached hydrogens (tertiary/aromatic N) is 2. The van der Waals surface area contributed by atoms with Crippen molar-refractivity contribution in [2.24, 2.45) is 0 Å². The molecular formula is C24H21N3O2. The number of para-hydroxylation sites is 2. The Hall–Kier alpha value is -3.86. The number of ether oxygens (including phenoxy) is 1. The van der Waals surface area contributed by atoms with Gasteiger partial charge in [0.05, 0.1) is 17.9 Å². The van der Waals surface area contributed by atoms with Gasteiger partial charge < -0.3 is 14.6 Å². The Bertz CT molecular complexity index is 1070. The van der Waals surface area contributed by atoms with Crippen molar-refractivity contribution in [3.63, 3.8) is 0 Å². The van der Waals surface area contributed by atoms with Gasteiger partial charge in [0.15, 0.2) is 0 Å². The zero-order valence-electron chi connectivity index (χ0n) is 16.0. The van der Waals surface area contributed by atoms with Crippen molar-refractivity contribution >= 4 is 5.91 Å². The molecule has 0 aliphatic rings. The monoisotopic (exact) mass is 383 g/mol. The van der Waals surface area contributed by atoms with E-state index < -0.39 is 0 Å². The molecule has 1 heterocycles.